The van der Waals surface area contributed by atoms with E-state index in [0.717, 1.165) is 77.9 Å². The van der Waals surface area contributed by atoms with Crippen molar-refractivity contribution in [1.82, 2.24) is 15.0 Å². The number of H-pyrrole nitrogens is 1. The maximum absolute atomic E-state index is 12.5. The maximum Gasteiger partial charge on any atom is 0.260 e. The van der Waals surface area contributed by atoms with Crippen LogP contribution in [-0.4, -0.2) is 41.1 Å². The molecule has 1 aliphatic heterocycles. The average Bonchev–Trinajstić information content (AvgIpc) is 3.23. The van der Waals surface area contributed by atoms with Crippen molar-refractivity contribution in [3.8, 4) is 0 Å². The van der Waals surface area contributed by atoms with Crippen LogP contribution in [0.1, 0.15) is 22.2 Å². The zero-order valence-corrected chi connectivity index (χ0v) is 17.5. The second-order valence-corrected chi connectivity index (χ2v) is 9.11. The number of aryl methyl sites for hydroxylation is 2. The van der Waals surface area contributed by atoms with Crippen molar-refractivity contribution >= 4 is 32.7 Å². The third kappa shape index (κ3) is 3.59. The van der Waals surface area contributed by atoms with E-state index in [4.69, 9.17) is 9.40 Å². The summed E-state index contributed by atoms with van der Waals surface area (Å²) in [5, 5.41) is 0.749. The lowest BCUT2D eigenvalue weighted by atomic mass is 10.2. The fraction of sp³-hybridized carbons (Fsp3) is 0.381. The number of hydrogen-bond acceptors (Lipinski definition) is 5. The standard InChI is InChI=1S/C21H23N5O2S/c1-13-14(2)29-21-19(13)20(27)23-17(24-21)11-25-7-9-26(10-8-25)12-18-22-15-5-3-4-6-16(15)28-18/h3-6H,7-12H2,1-2H3,(H,23,24,27)/p+2. The van der Waals surface area contributed by atoms with E-state index in [9.17, 15) is 4.79 Å². The molecule has 0 bridgehead atoms. The van der Waals surface area contributed by atoms with Gasteiger partial charge in [-0.05, 0) is 31.5 Å². The highest BCUT2D eigenvalue weighted by molar-refractivity contribution is 7.18. The van der Waals surface area contributed by atoms with Gasteiger partial charge in [0.2, 0.25) is 0 Å². The van der Waals surface area contributed by atoms with Gasteiger partial charge in [-0.25, -0.2) is 9.97 Å². The van der Waals surface area contributed by atoms with Crippen molar-refractivity contribution in [2.24, 2.45) is 0 Å². The molecule has 1 fully saturated rings. The second-order valence-electron chi connectivity index (χ2n) is 7.90. The second kappa shape index (κ2) is 7.37. The molecule has 1 saturated heterocycles. The number of fused-ring (bicyclic) bond motifs is 2. The van der Waals surface area contributed by atoms with Crippen LogP contribution in [0.15, 0.2) is 33.5 Å². The molecule has 0 spiro atoms. The first kappa shape index (κ1) is 18.5. The fourth-order valence-corrected chi connectivity index (χ4v) is 5.19. The van der Waals surface area contributed by atoms with Gasteiger partial charge in [-0.1, -0.05) is 12.1 Å². The third-order valence-electron chi connectivity index (χ3n) is 5.91. The zero-order valence-electron chi connectivity index (χ0n) is 16.7. The van der Waals surface area contributed by atoms with E-state index >= 15 is 0 Å². The van der Waals surface area contributed by atoms with Crippen LogP contribution < -0.4 is 15.4 Å². The molecule has 1 aromatic carbocycles. The van der Waals surface area contributed by atoms with Crippen LogP contribution in [-0.2, 0) is 13.1 Å². The van der Waals surface area contributed by atoms with E-state index in [1.165, 1.54) is 14.7 Å². The van der Waals surface area contributed by atoms with E-state index in [1.807, 2.05) is 38.1 Å². The first-order valence-electron chi connectivity index (χ1n) is 10.1. The minimum Gasteiger partial charge on any atom is -0.435 e. The highest BCUT2D eigenvalue weighted by Crippen LogP contribution is 2.25. The van der Waals surface area contributed by atoms with Crippen molar-refractivity contribution in [3.05, 3.63) is 56.8 Å². The minimum atomic E-state index is -0.00790. The molecular weight excluding hydrogens is 386 g/mol. The predicted octanol–water partition coefficient (Wildman–Crippen LogP) is 0.226. The van der Waals surface area contributed by atoms with Crippen LogP contribution in [0, 0.1) is 13.8 Å². The van der Waals surface area contributed by atoms with Crippen LogP contribution in [0.4, 0.5) is 0 Å². The summed E-state index contributed by atoms with van der Waals surface area (Å²) in [5.41, 5.74) is 2.83. The molecule has 4 aromatic rings. The summed E-state index contributed by atoms with van der Waals surface area (Å²) in [6.07, 6.45) is 0. The summed E-state index contributed by atoms with van der Waals surface area (Å²) in [6, 6.07) is 7.91. The highest BCUT2D eigenvalue weighted by Gasteiger charge is 2.25. The number of piperazine rings is 1. The molecule has 0 radical (unpaired) electrons. The number of benzene rings is 1. The van der Waals surface area contributed by atoms with Crippen molar-refractivity contribution in [3.63, 3.8) is 0 Å². The molecule has 8 heteroatoms. The van der Waals surface area contributed by atoms with Crippen LogP contribution in [0.2, 0.25) is 0 Å². The molecule has 29 heavy (non-hydrogen) atoms. The first-order chi connectivity index (χ1) is 14.1. The molecule has 7 nitrogen and oxygen atoms in total. The van der Waals surface area contributed by atoms with Crippen molar-refractivity contribution in [1.29, 1.82) is 0 Å². The molecule has 1 aliphatic rings. The SMILES string of the molecule is Cc1sc2nc(C[NH+]3CC[NH+](Cc4nc5ccccc5o4)CC3)[nH]c(=O)c2c1C. The van der Waals surface area contributed by atoms with Gasteiger partial charge in [-0.2, -0.15) is 0 Å². The Labute approximate surface area is 172 Å². The van der Waals surface area contributed by atoms with E-state index in [2.05, 4.69) is 9.97 Å². The summed E-state index contributed by atoms with van der Waals surface area (Å²) >= 11 is 1.61. The van der Waals surface area contributed by atoms with Crippen molar-refractivity contribution in [2.75, 3.05) is 26.2 Å². The molecule has 5 rings (SSSR count). The number of aromatic nitrogens is 3. The number of nitrogens with zero attached hydrogens (tertiary/aromatic N) is 2. The Morgan fingerprint density at radius 3 is 2.55 bits per heavy atom. The van der Waals surface area contributed by atoms with Crippen LogP contribution in [0.3, 0.4) is 0 Å². The monoisotopic (exact) mass is 411 g/mol. The normalized spacial score (nSPS) is 19.9. The minimum absolute atomic E-state index is 0.00790. The third-order valence-corrected chi connectivity index (χ3v) is 7.01. The van der Waals surface area contributed by atoms with Gasteiger partial charge in [0.1, 0.15) is 43.1 Å². The number of thiophene rings is 1. The Kier molecular flexibility index (Phi) is 4.69. The number of quaternary nitrogens is 2. The van der Waals surface area contributed by atoms with Gasteiger partial charge >= 0.3 is 0 Å². The van der Waals surface area contributed by atoms with Crippen LogP contribution in [0.5, 0.6) is 0 Å². The number of para-hydroxylation sites is 2. The summed E-state index contributed by atoms with van der Waals surface area (Å²) in [7, 11) is 0. The van der Waals surface area contributed by atoms with Gasteiger partial charge < -0.3 is 19.2 Å². The predicted molar refractivity (Wildman–Crippen MR) is 113 cm³/mol. The topological polar surface area (TPSA) is 80.7 Å². The van der Waals surface area contributed by atoms with Crippen molar-refractivity contribution < 1.29 is 14.2 Å². The average molecular weight is 412 g/mol. The van der Waals surface area contributed by atoms with Crippen LogP contribution in [0.25, 0.3) is 21.3 Å². The van der Waals surface area contributed by atoms with Gasteiger partial charge in [0.25, 0.3) is 11.4 Å². The number of aromatic amines is 1. The number of hydrogen-bond donors (Lipinski definition) is 3. The van der Waals surface area contributed by atoms with Gasteiger partial charge in [-0.15, -0.1) is 11.3 Å². The Bertz CT molecular complexity index is 1200. The number of oxazole rings is 1. The van der Waals surface area contributed by atoms with E-state index in [1.54, 1.807) is 11.3 Å². The maximum atomic E-state index is 12.5. The number of nitrogens with one attached hydrogen (secondary N) is 3. The molecule has 3 N–H and O–H groups in total. The van der Waals surface area contributed by atoms with E-state index in [0.29, 0.717) is 0 Å². The van der Waals surface area contributed by atoms with Crippen molar-refractivity contribution in [2.45, 2.75) is 26.9 Å². The Morgan fingerprint density at radius 1 is 1.07 bits per heavy atom. The van der Waals surface area contributed by atoms with E-state index < -0.39 is 0 Å². The van der Waals surface area contributed by atoms with E-state index in [-0.39, 0.29) is 5.56 Å². The molecule has 3 aromatic heterocycles. The highest BCUT2D eigenvalue weighted by atomic mass is 32.1. The molecule has 0 atom stereocenters. The first-order valence-corrected chi connectivity index (χ1v) is 10.9. The fourth-order valence-electron chi connectivity index (χ4n) is 4.14. The molecule has 0 saturated carbocycles. The molecule has 0 unspecified atom stereocenters. The van der Waals surface area contributed by atoms with Gasteiger partial charge in [0, 0.05) is 4.88 Å². The van der Waals surface area contributed by atoms with Gasteiger partial charge in [0.05, 0.1) is 5.39 Å². The molecule has 0 amide bonds. The van der Waals surface area contributed by atoms with Gasteiger partial charge in [-0.3, -0.25) is 4.79 Å². The summed E-state index contributed by atoms with van der Waals surface area (Å²) < 4.78 is 5.87. The molecular formula is C21H25N5O2S+2. The Hall–Kier alpha value is -2.55. The van der Waals surface area contributed by atoms with Gasteiger partial charge in [0.15, 0.2) is 18.0 Å². The lowest BCUT2D eigenvalue weighted by Gasteiger charge is -2.28. The Morgan fingerprint density at radius 2 is 1.79 bits per heavy atom. The summed E-state index contributed by atoms with van der Waals surface area (Å²) in [5.74, 6) is 1.60. The molecule has 150 valence electrons. The quantitative estimate of drug-likeness (QED) is 0.449. The lowest BCUT2D eigenvalue weighted by molar-refractivity contribution is -1.03. The zero-order chi connectivity index (χ0) is 20.0. The smallest absolute Gasteiger partial charge is 0.260 e. The van der Waals surface area contributed by atoms with Crippen LogP contribution >= 0.6 is 11.3 Å². The number of rotatable bonds is 4. The molecule has 0 aliphatic carbocycles. The molecule has 4 heterocycles. The summed E-state index contributed by atoms with van der Waals surface area (Å²) in [6.45, 7) is 9.81. The lowest BCUT2D eigenvalue weighted by Crippen LogP contribution is -3.27. The Balaban J connectivity index is 1.23. The summed E-state index contributed by atoms with van der Waals surface area (Å²) in [4.78, 5) is 29.8. The largest absolute Gasteiger partial charge is 0.435 e.